The van der Waals surface area contributed by atoms with E-state index in [0.717, 1.165) is 11.0 Å². The van der Waals surface area contributed by atoms with E-state index in [9.17, 15) is 23.5 Å². The number of aliphatic hydroxyl groups excluding tert-OH is 1. The molecule has 1 N–H and O–H groups in total. The maximum Gasteiger partial charge on any atom is 0.296 e. The molecule has 0 aliphatic carbocycles. The van der Waals surface area contributed by atoms with Crippen LogP contribution in [0.4, 0.5) is 8.78 Å². The number of furan rings is 1. The topological polar surface area (TPSA) is 80.0 Å². The number of amides is 1. The maximum atomic E-state index is 14.7. The predicted octanol–water partition coefficient (Wildman–Crippen LogP) is 4.19. The molecule has 1 saturated heterocycles. The average Bonchev–Trinajstić information content (AvgIpc) is 3.36. The van der Waals surface area contributed by atoms with Crippen molar-refractivity contribution < 1.29 is 32.6 Å². The number of rotatable bonds is 5. The Morgan fingerprint density at radius 2 is 1.87 bits per heavy atom. The predicted molar refractivity (Wildman–Crippen MR) is 106 cm³/mol. The Balaban J connectivity index is 1.89. The Hall–Kier alpha value is -3.94. The lowest BCUT2D eigenvalue weighted by molar-refractivity contribution is -0.140. The van der Waals surface area contributed by atoms with Crippen molar-refractivity contribution in [1.29, 1.82) is 0 Å². The van der Waals surface area contributed by atoms with Gasteiger partial charge in [0.15, 0.2) is 11.6 Å². The van der Waals surface area contributed by atoms with Gasteiger partial charge in [0, 0.05) is 11.1 Å². The van der Waals surface area contributed by atoms with Crippen molar-refractivity contribution in [2.45, 2.75) is 12.6 Å². The molecule has 1 amide bonds. The molecule has 1 aliphatic rings. The van der Waals surface area contributed by atoms with E-state index in [1.54, 1.807) is 18.2 Å². The van der Waals surface area contributed by atoms with Crippen molar-refractivity contribution in [3.8, 4) is 5.75 Å². The summed E-state index contributed by atoms with van der Waals surface area (Å²) in [5, 5.41) is 10.9. The summed E-state index contributed by atoms with van der Waals surface area (Å²) < 4.78 is 39.0. The van der Waals surface area contributed by atoms with Crippen LogP contribution in [0.15, 0.2) is 70.9 Å². The van der Waals surface area contributed by atoms with Crippen molar-refractivity contribution >= 4 is 17.4 Å². The first kappa shape index (κ1) is 20.3. The number of ether oxygens (including phenoxy) is 1. The van der Waals surface area contributed by atoms with Crippen LogP contribution in [-0.4, -0.2) is 28.8 Å². The van der Waals surface area contributed by atoms with E-state index >= 15 is 0 Å². The number of carbonyl (C=O) groups excluding carboxylic acids is 2. The molecule has 1 atom stereocenters. The van der Waals surface area contributed by atoms with Gasteiger partial charge in [-0.1, -0.05) is 18.2 Å². The minimum absolute atomic E-state index is 0.0174. The van der Waals surface area contributed by atoms with Gasteiger partial charge in [0.25, 0.3) is 11.7 Å². The monoisotopic (exact) mass is 425 g/mol. The van der Waals surface area contributed by atoms with Gasteiger partial charge in [0.2, 0.25) is 0 Å². The molecule has 2 aromatic carbocycles. The number of aliphatic hydroxyl groups is 1. The van der Waals surface area contributed by atoms with Crippen LogP contribution < -0.4 is 4.74 Å². The van der Waals surface area contributed by atoms with Gasteiger partial charge in [-0.25, -0.2) is 8.78 Å². The third kappa shape index (κ3) is 3.56. The molecule has 2 heterocycles. The second kappa shape index (κ2) is 8.06. The van der Waals surface area contributed by atoms with E-state index in [0.29, 0.717) is 5.76 Å². The van der Waals surface area contributed by atoms with E-state index in [-0.39, 0.29) is 29.0 Å². The van der Waals surface area contributed by atoms with Gasteiger partial charge in [-0.05, 0) is 36.4 Å². The summed E-state index contributed by atoms with van der Waals surface area (Å²) in [6.45, 7) is -0.121. The normalized spacial score (nSPS) is 17.9. The highest BCUT2D eigenvalue weighted by atomic mass is 19.1. The molecule has 1 aromatic heterocycles. The number of benzene rings is 2. The SMILES string of the molecule is COc1ccc(C(O)=C2C(=O)C(=O)N(Cc3ccco3)C2c2ccccc2F)cc1F. The zero-order chi connectivity index (χ0) is 22.1. The van der Waals surface area contributed by atoms with Crippen molar-refractivity contribution in [2.75, 3.05) is 7.11 Å². The van der Waals surface area contributed by atoms with Crippen LogP contribution in [0.1, 0.15) is 22.9 Å². The van der Waals surface area contributed by atoms with E-state index < -0.39 is 35.1 Å². The number of ketones is 1. The zero-order valence-electron chi connectivity index (χ0n) is 16.3. The van der Waals surface area contributed by atoms with Gasteiger partial charge in [0.05, 0.1) is 31.5 Å². The summed E-state index contributed by atoms with van der Waals surface area (Å²) in [6.07, 6.45) is 1.41. The van der Waals surface area contributed by atoms with Gasteiger partial charge >= 0.3 is 0 Å². The van der Waals surface area contributed by atoms with Crippen LogP contribution in [0.25, 0.3) is 5.76 Å². The molecular formula is C23H17F2NO5. The van der Waals surface area contributed by atoms with Gasteiger partial charge in [-0.3, -0.25) is 9.59 Å². The van der Waals surface area contributed by atoms with Crippen LogP contribution in [0.2, 0.25) is 0 Å². The molecule has 4 rings (SSSR count). The van der Waals surface area contributed by atoms with Crippen molar-refractivity contribution in [3.63, 3.8) is 0 Å². The van der Waals surface area contributed by atoms with Crippen molar-refractivity contribution in [1.82, 2.24) is 4.90 Å². The van der Waals surface area contributed by atoms with E-state index in [1.165, 1.54) is 43.7 Å². The molecule has 1 fully saturated rings. The lowest BCUT2D eigenvalue weighted by atomic mass is 9.95. The van der Waals surface area contributed by atoms with Crippen molar-refractivity contribution in [3.05, 3.63) is 95.0 Å². The molecule has 0 spiro atoms. The van der Waals surface area contributed by atoms with Crippen LogP contribution in [-0.2, 0) is 16.1 Å². The number of nitrogens with zero attached hydrogens (tertiary/aromatic N) is 1. The number of hydrogen-bond acceptors (Lipinski definition) is 5. The van der Waals surface area contributed by atoms with Gasteiger partial charge < -0.3 is 19.2 Å². The Kier molecular flexibility index (Phi) is 5.29. The van der Waals surface area contributed by atoms with Gasteiger partial charge in [0.1, 0.15) is 17.3 Å². The lowest BCUT2D eigenvalue weighted by Gasteiger charge is -2.24. The summed E-state index contributed by atoms with van der Waals surface area (Å²) in [4.78, 5) is 26.8. The fourth-order valence-electron chi connectivity index (χ4n) is 3.60. The van der Waals surface area contributed by atoms with E-state index in [1.807, 2.05) is 0 Å². The number of hydrogen-bond donors (Lipinski definition) is 1. The summed E-state index contributed by atoms with van der Waals surface area (Å²) in [7, 11) is 1.29. The first-order valence-corrected chi connectivity index (χ1v) is 9.31. The second-order valence-electron chi connectivity index (χ2n) is 6.88. The standard InChI is InChI=1S/C23H17F2NO5/c1-30-18-9-8-13(11-17(18)25)21(27)19-20(15-6-2-3-7-16(15)24)26(23(29)22(19)28)12-14-5-4-10-31-14/h2-11,20,27H,12H2,1H3. The smallest absolute Gasteiger partial charge is 0.296 e. The minimum Gasteiger partial charge on any atom is -0.507 e. The molecule has 1 unspecified atom stereocenters. The van der Waals surface area contributed by atoms with Crippen LogP contribution in [0.3, 0.4) is 0 Å². The highest BCUT2D eigenvalue weighted by Gasteiger charge is 2.47. The van der Waals surface area contributed by atoms with E-state index in [4.69, 9.17) is 9.15 Å². The molecule has 0 radical (unpaired) electrons. The average molecular weight is 425 g/mol. The highest BCUT2D eigenvalue weighted by Crippen LogP contribution is 2.41. The Morgan fingerprint density at radius 3 is 2.52 bits per heavy atom. The number of Topliss-reactive ketones (excluding diaryl/α,β-unsaturated/α-hetero) is 1. The third-order valence-corrected chi connectivity index (χ3v) is 5.07. The molecule has 1 aliphatic heterocycles. The summed E-state index contributed by atoms with van der Waals surface area (Å²) >= 11 is 0. The van der Waals surface area contributed by atoms with Gasteiger partial charge in [-0.15, -0.1) is 0 Å². The Labute approximate surface area is 176 Å². The third-order valence-electron chi connectivity index (χ3n) is 5.07. The fraction of sp³-hybridized carbons (Fsp3) is 0.130. The fourth-order valence-corrected chi connectivity index (χ4v) is 3.60. The lowest BCUT2D eigenvalue weighted by Crippen LogP contribution is -2.29. The molecule has 158 valence electrons. The summed E-state index contributed by atoms with van der Waals surface area (Å²) in [5.74, 6) is -3.66. The molecular weight excluding hydrogens is 408 g/mol. The van der Waals surface area contributed by atoms with Crippen LogP contribution in [0.5, 0.6) is 5.75 Å². The van der Waals surface area contributed by atoms with Crippen LogP contribution >= 0.6 is 0 Å². The van der Waals surface area contributed by atoms with Gasteiger partial charge in [-0.2, -0.15) is 0 Å². The minimum atomic E-state index is -1.23. The maximum absolute atomic E-state index is 14.7. The van der Waals surface area contributed by atoms with E-state index in [2.05, 4.69) is 0 Å². The molecule has 3 aromatic rings. The second-order valence-corrected chi connectivity index (χ2v) is 6.88. The first-order chi connectivity index (χ1) is 14.9. The number of carbonyl (C=O) groups is 2. The first-order valence-electron chi connectivity index (χ1n) is 9.31. The van der Waals surface area contributed by atoms with Crippen LogP contribution in [0, 0.1) is 11.6 Å². The quantitative estimate of drug-likeness (QED) is 0.377. The Bertz CT molecular complexity index is 1190. The molecule has 8 heteroatoms. The molecule has 0 saturated carbocycles. The summed E-state index contributed by atoms with van der Waals surface area (Å²) in [5.41, 5.74) is -0.370. The number of likely N-dealkylation sites (tertiary alicyclic amines) is 1. The van der Waals surface area contributed by atoms with Crippen molar-refractivity contribution in [2.24, 2.45) is 0 Å². The Morgan fingerprint density at radius 1 is 1.10 bits per heavy atom. The number of methoxy groups -OCH3 is 1. The number of halogens is 2. The zero-order valence-corrected chi connectivity index (χ0v) is 16.3. The summed E-state index contributed by atoms with van der Waals surface area (Å²) in [6, 6.07) is 11.2. The highest BCUT2D eigenvalue weighted by molar-refractivity contribution is 6.46. The molecule has 0 bridgehead atoms. The molecule has 6 nitrogen and oxygen atoms in total. The largest absolute Gasteiger partial charge is 0.507 e. The molecule has 31 heavy (non-hydrogen) atoms.